The molecule has 1 aromatic carbocycles. The van der Waals surface area contributed by atoms with E-state index in [1.807, 2.05) is 0 Å². The van der Waals surface area contributed by atoms with E-state index in [0.29, 0.717) is 0 Å². The average molecular weight is 510 g/mol. The third-order valence-corrected chi connectivity index (χ3v) is 5.15. The van der Waals surface area contributed by atoms with Crippen LogP contribution < -0.4 is 5.73 Å². The molecule has 1 heterocycles. The van der Waals surface area contributed by atoms with Crippen LogP contribution in [-0.2, 0) is 5.67 Å². The van der Waals surface area contributed by atoms with Crippen molar-refractivity contribution < 1.29 is 40.6 Å². The van der Waals surface area contributed by atoms with Crippen molar-refractivity contribution in [1.29, 1.82) is 0 Å². The molecule has 31 heavy (non-hydrogen) atoms. The molecule has 0 aliphatic carbocycles. The number of rotatable bonds is 5. The molecule has 0 aliphatic rings. The van der Waals surface area contributed by atoms with Crippen LogP contribution in [0, 0.1) is 0 Å². The number of thiazole rings is 1. The summed E-state index contributed by atoms with van der Waals surface area (Å²) >= 11 is 12.3. The summed E-state index contributed by atoms with van der Waals surface area (Å²) in [6.07, 6.45) is -10.8. The number of carboxylic acid groups (broad SMARTS) is 1. The smallest absolute Gasteiger partial charge is 0.435 e. The highest BCUT2D eigenvalue weighted by molar-refractivity contribution is 7.11. The van der Waals surface area contributed by atoms with Crippen LogP contribution >= 0.6 is 34.5 Å². The van der Waals surface area contributed by atoms with Crippen molar-refractivity contribution >= 4 is 58.0 Å². The van der Waals surface area contributed by atoms with Crippen molar-refractivity contribution in [2.75, 3.05) is 0 Å². The van der Waals surface area contributed by atoms with E-state index in [1.165, 1.54) is 5.38 Å². The molecule has 3 N–H and O–H groups in total. The van der Waals surface area contributed by atoms with E-state index in [4.69, 9.17) is 34.0 Å². The molecule has 2 aromatic rings. The Hall–Kier alpha value is -2.38. The van der Waals surface area contributed by atoms with Crippen LogP contribution in [0.5, 0.6) is 0 Å². The fourth-order valence-electron chi connectivity index (χ4n) is 2.18. The number of halogens is 9. The Kier molecular flexibility index (Phi) is 6.93. The van der Waals surface area contributed by atoms with Crippen LogP contribution in [0.25, 0.3) is 5.57 Å². The second-order valence-corrected chi connectivity index (χ2v) is 7.34. The second-order valence-electron chi connectivity index (χ2n) is 5.67. The number of aromatic nitrogens is 1. The Bertz CT molecular complexity index is 1030. The van der Waals surface area contributed by atoms with Gasteiger partial charge in [0.25, 0.3) is 0 Å². The predicted octanol–water partition coefficient (Wildman–Crippen LogP) is 6.14. The maximum Gasteiger partial charge on any atom is 0.435 e. The maximum atomic E-state index is 14.2. The Balaban J connectivity index is 2.49. The molecule has 1 aromatic heterocycles. The van der Waals surface area contributed by atoms with E-state index in [9.17, 15) is 35.5 Å². The van der Waals surface area contributed by atoms with Gasteiger partial charge in [-0.05, 0) is 12.1 Å². The maximum absolute atomic E-state index is 14.2. The molecular weight excluding hydrogens is 502 g/mol. The first-order valence-electron chi connectivity index (χ1n) is 7.60. The lowest BCUT2D eigenvalue weighted by atomic mass is 9.94. The van der Waals surface area contributed by atoms with Crippen LogP contribution in [0.1, 0.15) is 21.1 Å². The van der Waals surface area contributed by atoms with E-state index in [-0.39, 0.29) is 28.4 Å². The Morgan fingerprint density at radius 2 is 1.61 bits per heavy atom. The summed E-state index contributed by atoms with van der Waals surface area (Å²) in [6, 6.07) is 0.220. The van der Waals surface area contributed by atoms with Crippen LogP contribution in [0.4, 0.5) is 36.4 Å². The lowest BCUT2D eigenvalue weighted by Gasteiger charge is -2.30. The fourth-order valence-corrected chi connectivity index (χ4v) is 3.55. The fraction of sp³-hybridized carbons (Fsp3) is 0.188. The van der Waals surface area contributed by atoms with Gasteiger partial charge in [-0.15, -0.1) is 11.3 Å². The number of carboxylic acids is 1. The molecule has 15 heteroatoms. The highest BCUT2D eigenvalue weighted by atomic mass is 35.5. The van der Waals surface area contributed by atoms with Gasteiger partial charge in [0.1, 0.15) is 10.7 Å². The van der Waals surface area contributed by atoms with E-state index in [1.54, 1.807) is 0 Å². The summed E-state index contributed by atoms with van der Waals surface area (Å²) in [4.78, 5) is 18.4. The standard InChI is InChI=1S/C16H8Cl2F7N3O2S/c17-8-1-7(14(19,15(20,21)22)16(23,24)25)2-9(18)11(8)27-4-6(3-26)12-28-10(5-31-12)13(29)30/h1-5H,26H2,(H,29,30). The number of benzene rings is 1. The first-order valence-corrected chi connectivity index (χ1v) is 9.24. The number of alkyl halides is 7. The van der Waals surface area contributed by atoms with Gasteiger partial charge in [-0.25, -0.2) is 14.2 Å². The summed E-state index contributed by atoms with van der Waals surface area (Å²) < 4.78 is 91.7. The average Bonchev–Trinajstić information content (AvgIpc) is 3.11. The third-order valence-electron chi connectivity index (χ3n) is 3.68. The van der Waals surface area contributed by atoms with Crippen LogP contribution in [0.15, 0.2) is 28.7 Å². The van der Waals surface area contributed by atoms with Gasteiger partial charge in [0.2, 0.25) is 0 Å². The van der Waals surface area contributed by atoms with Crippen molar-refractivity contribution in [1.82, 2.24) is 4.98 Å². The molecule has 5 nitrogen and oxygen atoms in total. The molecule has 0 spiro atoms. The molecule has 0 saturated heterocycles. The monoisotopic (exact) mass is 509 g/mol. The molecule has 168 valence electrons. The normalized spacial score (nSPS) is 13.8. The molecule has 0 unspecified atom stereocenters. The molecule has 0 bridgehead atoms. The molecule has 0 fully saturated rings. The van der Waals surface area contributed by atoms with Crippen molar-refractivity contribution in [2.45, 2.75) is 18.0 Å². The Morgan fingerprint density at radius 3 is 2.00 bits per heavy atom. The minimum absolute atomic E-state index is 0.0409. The first-order chi connectivity index (χ1) is 14.1. The van der Waals surface area contributed by atoms with Gasteiger partial charge in [-0.3, -0.25) is 4.99 Å². The van der Waals surface area contributed by atoms with Gasteiger partial charge >= 0.3 is 24.0 Å². The zero-order chi connectivity index (χ0) is 23.8. The van der Waals surface area contributed by atoms with Crippen molar-refractivity contribution in [3.63, 3.8) is 0 Å². The number of aromatic carboxylic acids is 1. The minimum Gasteiger partial charge on any atom is -0.476 e. The van der Waals surface area contributed by atoms with E-state index in [2.05, 4.69) is 9.98 Å². The summed E-state index contributed by atoms with van der Waals surface area (Å²) in [5.74, 6) is -1.32. The van der Waals surface area contributed by atoms with Gasteiger partial charge in [0.05, 0.1) is 10.0 Å². The largest absolute Gasteiger partial charge is 0.476 e. The SMILES string of the molecule is NC=C(C=Nc1c(Cl)cc(C(F)(C(F)(F)F)C(F)(F)F)cc1Cl)c1nc(C(=O)O)cs1. The van der Waals surface area contributed by atoms with Crippen molar-refractivity contribution in [3.05, 3.63) is 50.0 Å². The summed E-state index contributed by atoms with van der Waals surface area (Å²) in [5.41, 5.74) is -2.92. The predicted molar refractivity (Wildman–Crippen MR) is 101 cm³/mol. The summed E-state index contributed by atoms with van der Waals surface area (Å²) in [7, 11) is 0. The number of aliphatic imine (C=N–C) groups is 1. The first kappa shape index (κ1) is 24.9. The number of carbonyl (C=O) groups is 1. The molecule has 0 saturated carbocycles. The summed E-state index contributed by atoms with van der Waals surface area (Å²) in [6.45, 7) is 0. The van der Waals surface area contributed by atoms with Gasteiger partial charge < -0.3 is 10.8 Å². The molecular formula is C16H8Cl2F7N3O2S. The van der Waals surface area contributed by atoms with Crippen LogP contribution in [0.3, 0.4) is 0 Å². The van der Waals surface area contributed by atoms with Crippen molar-refractivity contribution in [2.24, 2.45) is 10.7 Å². The molecule has 0 aliphatic heterocycles. The van der Waals surface area contributed by atoms with Crippen molar-refractivity contribution in [3.8, 4) is 0 Å². The quantitative estimate of drug-likeness (QED) is 0.374. The minimum atomic E-state index is -6.34. The highest BCUT2D eigenvalue weighted by Gasteiger charge is 2.73. The molecule has 0 amide bonds. The van der Waals surface area contributed by atoms with Gasteiger partial charge in [0, 0.05) is 28.9 Å². The third kappa shape index (κ3) is 4.77. The lowest BCUT2D eigenvalue weighted by Crippen LogP contribution is -2.50. The highest BCUT2D eigenvalue weighted by Crippen LogP contribution is 2.54. The van der Waals surface area contributed by atoms with E-state index < -0.39 is 45.3 Å². The topological polar surface area (TPSA) is 88.6 Å². The molecule has 0 radical (unpaired) electrons. The lowest BCUT2D eigenvalue weighted by molar-refractivity contribution is -0.348. The number of nitrogens with two attached hydrogens (primary N) is 1. The van der Waals surface area contributed by atoms with E-state index >= 15 is 0 Å². The number of hydrogen-bond acceptors (Lipinski definition) is 5. The molecule has 2 rings (SSSR count). The number of nitrogens with zero attached hydrogens (tertiary/aromatic N) is 2. The number of hydrogen-bond donors (Lipinski definition) is 2. The number of allylic oxidation sites excluding steroid dienone is 1. The summed E-state index contributed by atoms with van der Waals surface area (Å²) in [5, 5.41) is 8.54. The Morgan fingerprint density at radius 1 is 1.10 bits per heavy atom. The van der Waals surface area contributed by atoms with Gasteiger partial charge in [-0.2, -0.15) is 26.3 Å². The zero-order valence-corrected chi connectivity index (χ0v) is 16.9. The van der Waals surface area contributed by atoms with E-state index in [0.717, 1.165) is 23.8 Å². The van der Waals surface area contributed by atoms with Gasteiger partial charge in [-0.1, -0.05) is 23.2 Å². The van der Waals surface area contributed by atoms with Crippen LogP contribution in [-0.4, -0.2) is 34.6 Å². The van der Waals surface area contributed by atoms with Gasteiger partial charge in [0.15, 0.2) is 5.69 Å². The zero-order valence-electron chi connectivity index (χ0n) is 14.5. The van der Waals surface area contributed by atoms with Crippen LogP contribution in [0.2, 0.25) is 10.0 Å². The second kappa shape index (κ2) is 8.63. The molecule has 0 atom stereocenters. The Labute approximate surface area is 182 Å².